The van der Waals surface area contributed by atoms with Gasteiger partial charge in [-0.25, -0.2) is 0 Å². The Balaban J connectivity index is 1.80. The predicted molar refractivity (Wildman–Crippen MR) is 113 cm³/mol. The number of nitrogens with one attached hydrogen (secondary N) is 1. The van der Waals surface area contributed by atoms with Gasteiger partial charge >= 0.3 is 0 Å². The van der Waals surface area contributed by atoms with Crippen molar-refractivity contribution < 1.29 is 14.8 Å². The van der Waals surface area contributed by atoms with Crippen LogP contribution in [0.3, 0.4) is 0 Å². The van der Waals surface area contributed by atoms with Gasteiger partial charge in [-0.05, 0) is 25.1 Å². The highest BCUT2D eigenvalue weighted by molar-refractivity contribution is 5.96. The third-order valence-corrected chi connectivity index (χ3v) is 4.24. The molecule has 2 aromatic rings. The van der Waals surface area contributed by atoms with Crippen molar-refractivity contribution in [1.82, 2.24) is 0 Å². The van der Waals surface area contributed by atoms with Crippen LogP contribution in [-0.4, -0.2) is 22.0 Å². The highest BCUT2D eigenvalue weighted by Gasteiger charge is 2.12. The Labute approximate surface area is 167 Å². The number of phenols is 1. The summed E-state index contributed by atoms with van der Waals surface area (Å²) in [6.45, 7) is 1.78. The molecule has 0 bridgehead atoms. The van der Waals surface area contributed by atoms with Crippen LogP contribution in [0, 0.1) is 16.0 Å². The van der Waals surface area contributed by atoms with Crippen molar-refractivity contribution in [3.05, 3.63) is 94.2 Å². The van der Waals surface area contributed by atoms with Crippen LogP contribution >= 0.6 is 0 Å². The molecule has 29 heavy (non-hydrogen) atoms. The maximum absolute atomic E-state index is 12.2. The van der Waals surface area contributed by atoms with Gasteiger partial charge in [-0.3, -0.25) is 19.9 Å². The Morgan fingerprint density at radius 2 is 1.93 bits per heavy atom. The lowest BCUT2D eigenvalue weighted by Crippen LogP contribution is -2.07. The summed E-state index contributed by atoms with van der Waals surface area (Å²) < 4.78 is 0. The smallest absolute Gasteiger partial charge is 0.270 e. The number of rotatable bonds is 7. The monoisotopic (exact) mass is 389 g/mol. The van der Waals surface area contributed by atoms with Crippen LogP contribution in [0.4, 0.5) is 17.1 Å². The standard InChI is InChI=1S/C22H19N3O4/c1-15(12-22(27)16-6-2-3-7-16)24-20-9-5-4-8-19(20)23-14-17-13-18(25(28)29)10-11-21(17)26/h2-14,16,24,26H,1H3/b15-12-,23-14?. The number of nitrogens with zero attached hydrogens (tertiary/aromatic N) is 2. The van der Waals surface area contributed by atoms with E-state index in [2.05, 4.69) is 10.3 Å². The Kier molecular flexibility index (Phi) is 5.99. The Hall–Kier alpha value is -4.00. The minimum atomic E-state index is -0.536. The summed E-state index contributed by atoms with van der Waals surface area (Å²) in [5, 5.41) is 24.0. The molecular weight excluding hydrogens is 370 g/mol. The Bertz CT molecular complexity index is 1060. The molecule has 7 nitrogen and oxygen atoms in total. The van der Waals surface area contributed by atoms with Gasteiger partial charge in [0.1, 0.15) is 5.75 Å². The topological polar surface area (TPSA) is 105 Å². The highest BCUT2D eigenvalue weighted by Crippen LogP contribution is 2.27. The summed E-state index contributed by atoms with van der Waals surface area (Å²) in [5.74, 6) is -0.372. The largest absolute Gasteiger partial charge is 0.507 e. The molecule has 0 heterocycles. The molecule has 0 aliphatic heterocycles. The van der Waals surface area contributed by atoms with E-state index in [1.54, 1.807) is 25.1 Å². The van der Waals surface area contributed by atoms with E-state index in [1.165, 1.54) is 30.5 Å². The average Bonchev–Trinajstić information content (AvgIpc) is 3.23. The fraction of sp³-hybridized carbons (Fsp3) is 0.0909. The van der Waals surface area contributed by atoms with Gasteiger partial charge in [0.25, 0.3) is 5.69 Å². The number of carbonyl (C=O) groups excluding carboxylic acids is 1. The molecule has 0 unspecified atom stereocenters. The molecule has 0 spiro atoms. The van der Waals surface area contributed by atoms with Gasteiger partial charge in [-0.1, -0.05) is 36.4 Å². The molecule has 3 rings (SSSR count). The van der Waals surface area contributed by atoms with E-state index in [0.717, 1.165) is 0 Å². The number of allylic oxidation sites excluding steroid dienone is 6. The molecule has 1 aliphatic rings. The number of phenolic OH excluding ortho intramolecular Hbond substituents is 1. The van der Waals surface area contributed by atoms with Crippen molar-refractivity contribution in [3.8, 4) is 5.75 Å². The van der Waals surface area contributed by atoms with Crippen LogP contribution < -0.4 is 5.32 Å². The molecule has 0 amide bonds. The molecule has 0 aromatic heterocycles. The molecule has 0 fully saturated rings. The average molecular weight is 389 g/mol. The third-order valence-electron chi connectivity index (χ3n) is 4.24. The summed E-state index contributed by atoms with van der Waals surface area (Å²) in [7, 11) is 0. The lowest BCUT2D eigenvalue weighted by atomic mass is 10.1. The van der Waals surface area contributed by atoms with Gasteiger partial charge in [-0.2, -0.15) is 0 Å². The number of para-hydroxylation sites is 2. The van der Waals surface area contributed by atoms with Gasteiger partial charge in [0.15, 0.2) is 5.78 Å². The second-order valence-electron chi connectivity index (χ2n) is 6.43. The fourth-order valence-electron chi connectivity index (χ4n) is 2.77. The summed E-state index contributed by atoms with van der Waals surface area (Å²) in [6, 6.07) is 10.9. The minimum Gasteiger partial charge on any atom is -0.507 e. The second kappa shape index (κ2) is 8.79. The van der Waals surface area contributed by atoms with Crippen molar-refractivity contribution in [2.24, 2.45) is 10.9 Å². The van der Waals surface area contributed by atoms with Gasteiger partial charge in [-0.15, -0.1) is 0 Å². The number of hydrogen-bond acceptors (Lipinski definition) is 6. The second-order valence-corrected chi connectivity index (χ2v) is 6.43. The molecule has 1 aliphatic carbocycles. The highest BCUT2D eigenvalue weighted by atomic mass is 16.6. The molecule has 0 saturated heterocycles. The number of benzene rings is 2. The normalized spacial score (nSPS) is 13.9. The van der Waals surface area contributed by atoms with E-state index in [1.807, 2.05) is 30.4 Å². The fourth-order valence-corrected chi connectivity index (χ4v) is 2.77. The van der Waals surface area contributed by atoms with Crippen molar-refractivity contribution in [2.75, 3.05) is 5.32 Å². The first-order valence-electron chi connectivity index (χ1n) is 8.89. The van der Waals surface area contributed by atoms with Crippen molar-refractivity contribution >= 4 is 29.1 Å². The lowest BCUT2D eigenvalue weighted by molar-refractivity contribution is -0.384. The summed E-state index contributed by atoms with van der Waals surface area (Å²) in [6.07, 6.45) is 10.2. The summed E-state index contributed by atoms with van der Waals surface area (Å²) >= 11 is 0. The molecule has 0 saturated carbocycles. The van der Waals surface area contributed by atoms with E-state index < -0.39 is 4.92 Å². The Morgan fingerprint density at radius 1 is 1.21 bits per heavy atom. The first-order chi connectivity index (χ1) is 13.9. The quantitative estimate of drug-likeness (QED) is 0.310. The van der Waals surface area contributed by atoms with Crippen LogP contribution in [0.5, 0.6) is 5.75 Å². The van der Waals surface area contributed by atoms with Crippen LogP contribution in [0.1, 0.15) is 12.5 Å². The summed E-state index contributed by atoms with van der Waals surface area (Å²) in [4.78, 5) is 27.0. The molecule has 7 heteroatoms. The zero-order valence-corrected chi connectivity index (χ0v) is 15.6. The van der Waals surface area contributed by atoms with Gasteiger partial charge in [0.05, 0.1) is 22.2 Å². The van der Waals surface area contributed by atoms with E-state index in [0.29, 0.717) is 17.1 Å². The van der Waals surface area contributed by atoms with Crippen molar-refractivity contribution in [3.63, 3.8) is 0 Å². The number of aliphatic imine (C=N–C) groups is 1. The van der Waals surface area contributed by atoms with E-state index in [9.17, 15) is 20.0 Å². The number of aromatic hydroxyl groups is 1. The number of carbonyl (C=O) groups is 1. The molecule has 146 valence electrons. The zero-order chi connectivity index (χ0) is 20.8. The maximum Gasteiger partial charge on any atom is 0.270 e. The molecule has 0 atom stereocenters. The van der Waals surface area contributed by atoms with E-state index >= 15 is 0 Å². The van der Waals surface area contributed by atoms with Gasteiger partial charge in [0.2, 0.25) is 0 Å². The van der Waals surface area contributed by atoms with Crippen molar-refractivity contribution in [2.45, 2.75) is 6.92 Å². The number of ketones is 1. The van der Waals surface area contributed by atoms with E-state index in [-0.39, 0.29) is 28.7 Å². The van der Waals surface area contributed by atoms with Crippen molar-refractivity contribution in [1.29, 1.82) is 0 Å². The Morgan fingerprint density at radius 3 is 2.66 bits per heavy atom. The van der Waals surface area contributed by atoms with Crippen LogP contribution in [0.2, 0.25) is 0 Å². The first-order valence-corrected chi connectivity index (χ1v) is 8.89. The maximum atomic E-state index is 12.2. The third kappa shape index (κ3) is 5.04. The number of nitro groups is 1. The minimum absolute atomic E-state index is 0.0255. The first kappa shape index (κ1) is 19.8. The van der Waals surface area contributed by atoms with Crippen LogP contribution in [0.15, 0.2) is 83.5 Å². The molecule has 0 radical (unpaired) electrons. The zero-order valence-electron chi connectivity index (χ0n) is 15.6. The van der Waals surface area contributed by atoms with Crippen LogP contribution in [0.25, 0.3) is 0 Å². The number of anilines is 1. The lowest BCUT2D eigenvalue weighted by Gasteiger charge is -2.10. The van der Waals surface area contributed by atoms with Gasteiger partial charge in [0, 0.05) is 35.7 Å². The molecule has 2 N–H and O–H groups in total. The predicted octanol–water partition coefficient (Wildman–Crippen LogP) is 4.68. The number of nitro benzene ring substituents is 1. The number of hydrogen-bond donors (Lipinski definition) is 2. The molecule has 2 aromatic carbocycles. The summed E-state index contributed by atoms with van der Waals surface area (Å²) in [5.41, 5.74) is 1.97. The van der Waals surface area contributed by atoms with Gasteiger partial charge < -0.3 is 10.4 Å². The van der Waals surface area contributed by atoms with Crippen LogP contribution in [-0.2, 0) is 4.79 Å². The SMILES string of the molecule is C/C(=C/C(=O)C1C=CC=C1)Nc1ccccc1N=Cc1cc([N+](=O)[O-])ccc1O. The number of non-ortho nitro benzene ring substituents is 1. The molecular formula is C22H19N3O4. The van der Waals surface area contributed by atoms with E-state index in [4.69, 9.17) is 0 Å².